The Bertz CT molecular complexity index is 458. The molecule has 0 saturated carbocycles. The fraction of sp³-hybridized carbons (Fsp3) is 0.400. The molecule has 2 heterocycles. The topological polar surface area (TPSA) is 45.5 Å². The highest BCUT2D eigenvalue weighted by Crippen LogP contribution is 2.14. The lowest BCUT2D eigenvalue weighted by Gasteiger charge is -2.21. The number of nitrogens with one attached hydrogen (secondary N) is 1. The van der Waals surface area contributed by atoms with E-state index in [9.17, 15) is 4.79 Å². The molecule has 2 rings (SSSR count). The van der Waals surface area contributed by atoms with Crippen molar-refractivity contribution in [3.8, 4) is 0 Å². The summed E-state index contributed by atoms with van der Waals surface area (Å²) in [7, 11) is 0. The third-order valence-corrected chi connectivity index (χ3v) is 3.77. The molecule has 0 atom stereocenters. The van der Waals surface area contributed by atoms with Gasteiger partial charge >= 0.3 is 0 Å². The number of rotatable bonds is 8. The van der Waals surface area contributed by atoms with Crippen LogP contribution in [0.3, 0.4) is 0 Å². The second kappa shape index (κ2) is 7.87. The molecule has 0 aliphatic heterocycles. The zero-order valence-corrected chi connectivity index (χ0v) is 12.5. The molecule has 0 spiro atoms. The minimum Gasteiger partial charge on any atom is -0.467 e. The predicted molar refractivity (Wildman–Crippen MR) is 80.4 cm³/mol. The summed E-state index contributed by atoms with van der Waals surface area (Å²) in [6.07, 6.45) is 2.66. The van der Waals surface area contributed by atoms with E-state index >= 15 is 0 Å². The summed E-state index contributed by atoms with van der Waals surface area (Å²) >= 11 is 1.66. The van der Waals surface area contributed by atoms with Crippen LogP contribution < -0.4 is 5.32 Å². The number of furan rings is 1. The average Bonchev–Trinajstić information content (AvgIpc) is 3.11. The highest BCUT2D eigenvalue weighted by molar-refractivity contribution is 7.09. The van der Waals surface area contributed by atoms with Crippen LogP contribution in [-0.2, 0) is 17.9 Å². The van der Waals surface area contributed by atoms with Gasteiger partial charge in [0, 0.05) is 4.88 Å². The van der Waals surface area contributed by atoms with Gasteiger partial charge in [0.15, 0.2) is 0 Å². The molecule has 2 aromatic rings. The minimum absolute atomic E-state index is 0.100. The molecule has 2 aromatic heterocycles. The lowest BCUT2D eigenvalue weighted by Crippen LogP contribution is -2.37. The molecule has 108 valence electrons. The number of hydrogen-bond acceptors (Lipinski definition) is 4. The zero-order valence-electron chi connectivity index (χ0n) is 11.7. The molecule has 1 N–H and O–H groups in total. The first-order chi connectivity index (χ1) is 9.79. The van der Waals surface area contributed by atoms with Gasteiger partial charge in [0.1, 0.15) is 5.76 Å². The van der Waals surface area contributed by atoms with Crippen LogP contribution in [0.1, 0.15) is 24.0 Å². The number of thiophene rings is 1. The molecule has 5 heteroatoms. The van der Waals surface area contributed by atoms with E-state index in [0.717, 1.165) is 18.7 Å². The van der Waals surface area contributed by atoms with Crippen molar-refractivity contribution in [2.24, 2.45) is 0 Å². The number of nitrogens with zero attached hydrogens (tertiary/aromatic N) is 1. The van der Waals surface area contributed by atoms with Crippen molar-refractivity contribution in [2.75, 3.05) is 13.1 Å². The smallest absolute Gasteiger partial charge is 0.237 e. The van der Waals surface area contributed by atoms with E-state index in [4.69, 9.17) is 4.42 Å². The van der Waals surface area contributed by atoms with E-state index in [-0.39, 0.29) is 5.91 Å². The third-order valence-electron chi connectivity index (χ3n) is 2.91. The number of hydrogen-bond donors (Lipinski definition) is 1. The van der Waals surface area contributed by atoms with Crippen molar-refractivity contribution in [3.63, 3.8) is 0 Å². The summed E-state index contributed by atoms with van der Waals surface area (Å²) in [5, 5.41) is 5.18. The summed E-state index contributed by atoms with van der Waals surface area (Å²) in [5.41, 5.74) is 0. The summed E-state index contributed by atoms with van der Waals surface area (Å²) in [6.45, 7) is 4.46. The SMILES string of the molecule is CCCNCC(=O)N(Cc1ccco1)Cc1cccs1. The molecular formula is C15H20N2O2S. The number of amides is 1. The van der Waals surface area contributed by atoms with Gasteiger partial charge in [-0.2, -0.15) is 0 Å². The van der Waals surface area contributed by atoms with Gasteiger partial charge < -0.3 is 14.6 Å². The van der Waals surface area contributed by atoms with Gasteiger partial charge in [0.05, 0.1) is 25.9 Å². The van der Waals surface area contributed by atoms with Gasteiger partial charge in [-0.1, -0.05) is 13.0 Å². The maximum Gasteiger partial charge on any atom is 0.237 e. The quantitative estimate of drug-likeness (QED) is 0.761. The number of carbonyl (C=O) groups excluding carboxylic acids is 1. The molecule has 0 bridgehead atoms. The van der Waals surface area contributed by atoms with Gasteiger partial charge in [-0.15, -0.1) is 11.3 Å². The molecule has 20 heavy (non-hydrogen) atoms. The van der Waals surface area contributed by atoms with Crippen LogP contribution in [-0.4, -0.2) is 23.9 Å². The van der Waals surface area contributed by atoms with Crippen LogP contribution in [0.4, 0.5) is 0 Å². The molecule has 0 radical (unpaired) electrons. The fourth-order valence-corrected chi connectivity index (χ4v) is 2.62. The maximum atomic E-state index is 12.3. The lowest BCUT2D eigenvalue weighted by atomic mass is 10.3. The molecule has 0 saturated heterocycles. The van der Waals surface area contributed by atoms with Gasteiger partial charge in [0.2, 0.25) is 5.91 Å². The Labute approximate surface area is 123 Å². The Morgan fingerprint density at radius 2 is 2.25 bits per heavy atom. The third kappa shape index (κ3) is 4.51. The van der Waals surface area contributed by atoms with E-state index in [1.807, 2.05) is 34.5 Å². The van der Waals surface area contributed by atoms with Crippen molar-refractivity contribution in [2.45, 2.75) is 26.4 Å². The molecule has 1 amide bonds. The molecule has 4 nitrogen and oxygen atoms in total. The molecule has 0 unspecified atom stereocenters. The van der Waals surface area contributed by atoms with Crippen molar-refractivity contribution in [1.82, 2.24) is 10.2 Å². The van der Waals surface area contributed by atoms with Crippen molar-refractivity contribution in [3.05, 3.63) is 46.5 Å². The monoisotopic (exact) mass is 292 g/mol. The molecule has 0 fully saturated rings. The Hall–Kier alpha value is -1.59. The van der Waals surface area contributed by atoms with Crippen LogP contribution in [0.5, 0.6) is 0 Å². The first-order valence-electron chi connectivity index (χ1n) is 6.83. The Morgan fingerprint density at radius 3 is 2.90 bits per heavy atom. The van der Waals surface area contributed by atoms with Gasteiger partial charge in [-0.3, -0.25) is 4.79 Å². The Morgan fingerprint density at radius 1 is 1.35 bits per heavy atom. The van der Waals surface area contributed by atoms with E-state index in [2.05, 4.69) is 12.2 Å². The second-order valence-electron chi connectivity index (χ2n) is 4.59. The maximum absolute atomic E-state index is 12.3. The first kappa shape index (κ1) is 14.8. The van der Waals surface area contributed by atoms with Gasteiger partial charge in [-0.25, -0.2) is 0 Å². The van der Waals surface area contributed by atoms with E-state index in [1.165, 1.54) is 4.88 Å². The van der Waals surface area contributed by atoms with Crippen LogP contribution in [0.2, 0.25) is 0 Å². The van der Waals surface area contributed by atoms with Crippen molar-refractivity contribution >= 4 is 17.2 Å². The highest BCUT2D eigenvalue weighted by Gasteiger charge is 2.15. The minimum atomic E-state index is 0.100. The summed E-state index contributed by atoms with van der Waals surface area (Å²) in [5.74, 6) is 0.911. The Kier molecular flexibility index (Phi) is 5.83. The fourth-order valence-electron chi connectivity index (χ4n) is 1.90. The van der Waals surface area contributed by atoms with Crippen molar-refractivity contribution < 1.29 is 9.21 Å². The zero-order chi connectivity index (χ0) is 14.2. The number of carbonyl (C=O) groups is 1. The van der Waals surface area contributed by atoms with Crippen LogP contribution in [0.25, 0.3) is 0 Å². The van der Waals surface area contributed by atoms with Gasteiger partial charge in [-0.05, 0) is 36.5 Å². The van der Waals surface area contributed by atoms with E-state index < -0.39 is 0 Å². The average molecular weight is 292 g/mol. The Balaban J connectivity index is 1.97. The van der Waals surface area contributed by atoms with Gasteiger partial charge in [0.25, 0.3) is 0 Å². The van der Waals surface area contributed by atoms with E-state index in [0.29, 0.717) is 19.6 Å². The summed E-state index contributed by atoms with van der Waals surface area (Å²) in [6, 6.07) is 7.80. The van der Waals surface area contributed by atoms with Crippen molar-refractivity contribution in [1.29, 1.82) is 0 Å². The van der Waals surface area contributed by atoms with Crippen LogP contribution in [0, 0.1) is 0 Å². The molecule has 0 aliphatic rings. The van der Waals surface area contributed by atoms with Crippen LogP contribution >= 0.6 is 11.3 Å². The first-order valence-corrected chi connectivity index (χ1v) is 7.71. The normalized spacial score (nSPS) is 10.7. The molecule has 0 aromatic carbocycles. The highest BCUT2D eigenvalue weighted by atomic mass is 32.1. The molecular weight excluding hydrogens is 272 g/mol. The lowest BCUT2D eigenvalue weighted by molar-refractivity contribution is -0.131. The van der Waals surface area contributed by atoms with Crippen LogP contribution in [0.15, 0.2) is 40.3 Å². The largest absolute Gasteiger partial charge is 0.467 e. The summed E-state index contributed by atoms with van der Waals surface area (Å²) < 4.78 is 5.35. The van der Waals surface area contributed by atoms with E-state index in [1.54, 1.807) is 17.6 Å². The standard InChI is InChI=1S/C15H20N2O2S/c1-2-7-16-10-15(18)17(11-13-5-3-8-19-13)12-14-6-4-9-20-14/h3-6,8-9,16H,2,7,10-12H2,1H3. The second-order valence-corrected chi connectivity index (χ2v) is 5.62. The summed E-state index contributed by atoms with van der Waals surface area (Å²) in [4.78, 5) is 15.3. The predicted octanol–water partition coefficient (Wildman–Crippen LogP) is 2.87. The molecule has 0 aliphatic carbocycles.